The van der Waals surface area contributed by atoms with Crippen LogP contribution in [0, 0.1) is 0 Å². The summed E-state index contributed by atoms with van der Waals surface area (Å²) in [5.74, 6) is 0.394. The number of aliphatic hydroxyl groups excluding tert-OH is 2. The molecule has 0 aliphatic rings. The lowest BCUT2D eigenvalue weighted by Gasteiger charge is -2.37. The molecule has 25 heavy (non-hydrogen) atoms. The van der Waals surface area contributed by atoms with Crippen LogP contribution in [0.2, 0.25) is 0 Å². The molecule has 0 radical (unpaired) electrons. The highest BCUT2D eigenvalue weighted by Gasteiger charge is 2.28. The Morgan fingerprint density at radius 2 is 1.72 bits per heavy atom. The fourth-order valence-electron chi connectivity index (χ4n) is 2.19. The Kier molecular flexibility index (Phi) is 13.0. The van der Waals surface area contributed by atoms with Crippen LogP contribution in [0.3, 0.4) is 0 Å². The Labute approximate surface area is 160 Å². The maximum atomic E-state index is 11.8. The van der Waals surface area contributed by atoms with E-state index in [0.717, 1.165) is 10.8 Å². The van der Waals surface area contributed by atoms with Gasteiger partial charge in [0.25, 0.3) is 0 Å². The summed E-state index contributed by atoms with van der Waals surface area (Å²) in [7, 11) is -5.08. The van der Waals surface area contributed by atoms with Crippen molar-refractivity contribution in [2.45, 2.75) is 20.3 Å². The molecule has 0 rings (SSSR count). The summed E-state index contributed by atoms with van der Waals surface area (Å²) in [4.78, 5) is 0. The van der Waals surface area contributed by atoms with Gasteiger partial charge in [-0.05, 0) is 6.92 Å². The van der Waals surface area contributed by atoms with Gasteiger partial charge in [0.15, 0.2) is 8.77 Å². The van der Waals surface area contributed by atoms with Crippen LogP contribution in [-0.4, -0.2) is 90.8 Å². The normalized spacial score (nSPS) is 15.2. The van der Waals surface area contributed by atoms with Crippen LogP contribution in [0.15, 0.2) is 0 Å². The van der Waals surface area contributed by atoms with E-state index in [-0.39, 0.29) is 30.7 Å². The van der Waals surface area contributed by atoms with E-state index < -0.39 is 17.6 Å². The highest BCUT2D eigenvalue weighted by atomic mass is 33.1. The van der Waals surface area contributed by atoms with E-state index in [4.69, 9.17) is 15.4 Å². The summed E-state index contributed by atoms with van der Waals surface area (Å²) in [5.41, 5.74) is 0. The van der Waals surface area contributed by atoms with E-state index in [1.54, 1.807) is 13.8 Å². The van der Waals surface area contributed by atoms with Crippen molar-refractivity contribution >= 4 is 39.6 Å². The quantitative estimate of drug-likeness (QED) is 0.126. The number of hydrogen-bond acceptors (Lipinski definition) is 9. The third kappa shape index (κ3) is 11.7. The third-order valence-corrected chi connectivity index (χ3v) is 9.19. The number of aliphatic hydroxyl groups is 2. The first-order valence-corrected chi connectivity index (χ1v) is 13.9. The molecule has 0 saturated heterocycles. The van der Waals surface area contributed by atoms with Crippen LogP contribution in [0.5, 0.6) is 0 Å². The Hall–Kier alpha value is 0.470. The van der Waals surface area contributed by atoms with Crippen molar-refractivity contribution in [1.29, 1.82) is 0 Å². The van der Waals surface area contributed by atoms with Crippen molar-refractivity contribution in [1.82, 2.24) is 5.32 Å². The topological polar surface area (TPSA) is 113 Å². The molecule has 0 heterocycles. The fourth-order valence-corrected chi connectivity index (χ4v) is 6.15. The Morgan fingerprint density at radius 3 is 2.20 bits per heavy atom. The lowest BCUT2D eigenvalue weighted by molar-refractivity contribution is -0.916. The minimum Gasteiger partial charge on any atom is -0.391 e. The summed E-state index contributed by atoms with van der Waals surface area (Å²) in [6, 6.07) is 0. The number of rotatable bonds is 16. The summed E-state index contributed by atoms with van der Waals surface area (Å²) in [5, 5.41) is 21.7. The Bertz CT molecular complexity index is 547. The zero-order valence-electron chi connectivity index (χ0n) is 14.9. The second kappa shape index (κ2) is 12.8. The van der Waals surface area contributed by atoms with Crippen molar-refractivity contribution in [3.8, 4) is 0 Å². The van der Waals surface area contributed by atoms with Gasteiger partial charge in [-0.15, -0.1) is 0 Å². The molecule has 0 aromatic heterocycles. The van der Waals surface area contributed by atoms with Gasteiger partial charge >= 0.3 is 0 Å². The molecular formula is C13H31N2O6S4+. The molecule has 0 spiro atoms. The summed E-state index contributed by atoms with van der Waals surface area (Å²) < 4.78 is 40.6. The van der Waals surface area contributed by atoms with E-state index in [0.29, 0.717) is 43.7 Å². The first-order chi connectivity index (χ1) is 11.7. The third-order valence-electron chi connectivity index (χ3n) is 3.57. The van der Waals surface area contributed by atoms with E-state index in [1.807, 2.05) is 0 Å². The van der Waals surface area contributed by atoms with Gasteiger partial charge in [0.05, 0.1) is 38.0 Å². The SMILES string of the molecule is CCOS(=O)(=S)CNCCC[N+](CCO)(CCO)CSS(=O)(=O)CC. The van der Waals surface area contributed by atoms with Crippen LogP contribution >= 0.6 is 10.8 Å². The number of nitrogens with one attached hydrogen (secondary N) is 1. The van der Waals surface area contributed by atoms with Crippen molar-refractivity contribution < 1.29 is 31.5 Å². The molecule has 152 valence electrons. The highest BCUT2D eigenvalue weighted by molar-refractivity contribution is 8.71. The van der Waals surface area contributed by atoms with Gasteiger partial charge in [-0.3, -0.25) is 4.18 Å². The fraction of sp³-hybridized carbons (Fsp3) is 1.00. The van der Waals surface area contributed by atoms with Crippen LogP contribution in [0.4, 0.5) is 0 Å². The number of nitrogens with zero attached hydrogens (tertiary/aromatic N) is 1. The maximum absolute atomic E-state index is 11.8. The van der Waals surface area contributed by atoms with Crippen molar-refractivity contribution in [2.75, 3.05) is 63.5 Å². The molecule has 12 heteroatoms. The molecule has 0 amide bonds. The van der Waals surface area contributed by atoms with Gasteiger partial charge in [-0.1, -0.05) is 6.92 Å². The minimum absolute atomic E-state index is 0.0437. The van der Waals surface area contributed by atoms with Crippen LogP contribution in [-0.2, 0) is 33.0 Å². The monoisotopic (exact) mass is 439 g/mol. The predicted molar refractivity (Wildman–Crippen MR) is 106 cm³/mol. The minimum atomic E-state index is -3.20. The molecule has 1 atom stereocenters. The lowest BCUT2D eigenvalue weighted by Crippen LogP contribution is -2.52. The van der Waals surface area contributed by atoms with Crippen molar-refractivity contribution in [3.05, 3.63) is 0 Å². The zero-order valence-corrected chi connectivity index (χ0v) is 18.2. The predicted octanol–water partition coefficient (Wildman–Crippen LogP) is -0.537. The van der Waals surface area contributed by atoms with Gasteiger partial charge in [0.1, 0.15) is 19.0 Å². The molecule has 0 aliphatic carbocycles. The molecule has 0 aliphatic heterocycles. The van der Waals surface area contributed by atoms with Gasteiger partial charge in [-0.2, -0.15) is 0 Å². The standard InChI is InChI=1S/C13H31N2O6S4/c1-3-21-25(20,22)12-14-6-5-7-15(8-10-16,9-11-17)13-23-24(18,19)4-2/h14,16-17H,3-13H2,1-2H3/q+1. The summed E-state index contributed by atoms with van der Waals surface area (Å²) in [6.07, 6.45) is 0.656. The van der Waals surface area contributed by atoms with Gasteiger partial charge < -0.3 is 20.0 Å². The molecule has 0 fully saturated rings. The molecule has 3 N–H and O–H groups in total. The molecule has 0 aromatic rings. The first kappa shape index (κ1) is 25.5. The molecule has 1 unspecified atom stereocenters. The van der Waals surface area contributed by atoms with Crippen LogP contribution < -0.4 is 5.32 Å². The lowest BCUT2D eigenvalue weighted by atomic mass is 10.3. The molecule has 0 bridgehead atoms. The van der Waals surface area contributed by atoms with Crippen molar-refractivity contribution in [2.24, 2.45) is 0 Å². The smallest absolute Gasteiger partial charge is 0.206 e. The van der Waals surface area contributed by atoms with E-state index in [9.17, 15) is 22.8 Å². The van der Waals surface area contributed by atoms with Gasteiger partial charge in [0.2, 0.25) is 8.87 Å². The van der Waals surface area contributed by atoms with Gasteiger partial charge in [-0.25, -0.2) is 12.6 Å². The largest absolute Gasteiger partial charge is 0.391 e. The number of hydrogen-bond donors (Lipinski definition) is 3. The van der Waals surface area contributed by atoms with E-state index in [2.05, 4.69) is 5.32 Å². The van der Waals surface area contributed by atoms with E-state index in [1.165, 1.54) is 0 Å². The number of quaternary nitrogens is 1. The molecular weight excluding hydrogens is 408 g/mol. The highest BCUT2D eigenvalue weighted by Crippen LogP contribution is 2.21. The first-order valence-electron chi connectivity index (χ1n) is 8.17. The average molecular weight is 440 g/mol. The molecule has 0 aromatic carbocycles. The van der Waals surface area contributed by atoms with Gasteiger partial charge in [0, 0.05) is 34.9 Å². The van der Waals surface area contributed by atoms with Crippen molar-refractivity contribution in [3.63, 3.8) is 0 Å². The maximum Gasteiger partial charge on any atom is 0.206 e. The second-order valence-electron chi connectivity index (χ2n) is 5.52. The summed E-state index contributed by atoms with van der Waals surface area (Å²) in [6.45, 7) is 5.26. The van der Waals surface area contributed by atoms with Crippen LogP contribution in [0.1, 0.15) is 20.3 Å². The zero-order chi connectivity index (χ0) is 19.4. The van der Waals surface area contributed by atoms with E-state index >= 15 is 0 Å². The summed E-state index contributed by atoms with van der Waals surface area (Å²) >= 11 is 4.85. The Balaban J connectivity index is 4.62. The second-order valence-corrected chi connectivity index (χ2v) is 13.1. The molecule has 0 saturated carbocycles. The Morgan fingerprint density at radius 1 is 1.12 bits per heavy atom. The average Bonchev–Trinajstić information content (AvgIpc) is 2.53. The molecule has 8 nitrogen and oxygen atoms in total. The van der Waals surface area contributed by atoms with Crippen LogP contribution in [0.25, 0.3) is 0 Å².